The summed E-state index contributed by atoms with van der Waals surface area (Å²) in [5, 5.41) is 22.3. The molecule has 0 saturated carbocycles. The van der Waals surface area contributed by atoms with Crippen molar-refractivity contribution in [3.63, 3.8) is 0 Å². The first-order valence-electron chi connectivity index (χ1n) is 14.4. The fourth-order valence-corrected chi connectivity index (χ4v) is 7.02. The molecule has 0 aliphatic carbocycles. The van der Waals surface area contributed by atoms with Gasteiger partial charge in [0.15, 0.2) is 0 Å². The van der Waals surface area contributed by atoms with E-state index in [0.717, 1.165) is 39.7 Å². The first kappa shape index (κ1) is 28.8. The number of nitrogens with zero attached hydrogens (tertiary/aromatic N) is 6. The van der Waals surface area contributed by atoms with Gasteiger partial charge in [-0.1, -0.05) is 12.6 Å². The highest BCUT2D eigenvalue weighted by Gasteiger charge is 2.31. The Labute approximate surface area is 260 Å². The molecule has 1 N–H and O–H groups in total. The Balaban J connectivity index is 1.52. The number of aryl methyl sites for hydroxylation is 1. The number of aliphatic hydroxyl groups excluding tert-OH is 1. The summed E-state index contributed by atoms with van der Waals surface area (Å²) >= 11 is 1.40. The molecule has 45 heavy (non-hydrogen) atoms. The SMILES string of the molecule is C=CC(=O)N1CCn2nc(-c3nc(-c4ccc5c(cnn5C)c4)c4ccsc4c3-c3c(F)cc(F)cc3OCCO)cc2C1C. The summed E-state index contributed by atoms with van der Waals surface area (Å²) in [4.78, 5) is 19.5. The highest BCUT2D eigenvalue weighted by Crippen LogP contribution is 2.47. The highest BCUT2D eigenvalue weighted by molar-refractivity contribution is 7.18. The number of aliphatic hydroxyl groups is 1. The van der Waals surface area contributed by atoms with Crippen LogP contribution in [0.2, 0.25) is 0 Å². The summed E-state index contributed by atoms with van der Waals surface area (Å²) in [6.07, 6.45) is 3.09. The number of carbonyl (C=O) groups is 1. The molecule has 228 valence electrons. The van der Waals surface area contributed by atoms with Crippen molar-refractivity contribution in [2.24, 2.45) is 7.05 Å². The molecular formula is C33H28F2N6O3S. The zero-order chi connectivity index (χ0) is 31.4. The van der Waals surface area contributed by atoms with Gasteiger partial charge in [0.05, 0.1) is 47.9 Å². The van der Waals surface area contributed by atoms with Gasteiger partial charge in [0.2, 0.25) is 5.91 Å². The molecule has 0 bridgehead atoms. The Morgan fingerprint density at radius 1 is 1.16 bits per heavy atom. The Morgan fingerprint density at radius 2 is 2.00 bits per heavy atom. The predicted molar refractivity (Wildman–Crippen MR) is 169 cm³/mol. The maximum Gasteiger partial charge on any atom is 0.246 e. The number of aromatic nitrogens is 5. The second-order valence-corrected chi connectivity index (χ2v) is 11.7. The van der Waals surface area contributed by atoms with Crippen LogP contribution in [0.5, 0.6) is 5.75 Å². The molecule has 12 heteroatoms. The summed E-state index contributed by atoms with van der Waals surface area (Å²) in [7, 11) is 1.88. The molecule has 2 aromatic carbocycles. The Bertz CT molecular complexity index is 2130. The van der Waals surface area contributed by atoms with Crippen molar-refractivity contribution in [1.29, 1.82) is 0 Å². The third-order valence-electron chi connectivity index (χ3n) is 8.20. The van der Waals surface area contributed by atoms with E-state index in [-0.39, 0.29) is 36.5 Å². The molecule has 4 aromatic heterocycles. The van der Waals surface area contributed by atoms with Crippen LogP contribution in [0.1, 0.15) is 18.7 Å². The molecule has 6 aromatic rings. The van der Waals surface area contributed by atoms with Crippen LogP contribution in [-0.2, 0) is 18.4 Å². The van der Waals surface area contributed by atoms with Crippen molar-refractivity contribution in [1.82, 2.24) is 29.4 Å². The largest absolute Gasteiger partial charge is 0.490 e. The lowest BCUT2D eigenvalue weighted by Gasteiger charge is -2.33. The highest BCUT2D eigenvalue weighted by atomic mass is 32.1. The number of halogens is 2. The maximum absolute atomic E-state index is 15.9. The van der Waals surface area contributed by atoms with Gasteiger partial charge in [-0.25, -0.2) is 13.8 Å². The average molecular weight is 627 g/mol. The van der Waals surface area contributed by atoms with Crippen LogP contribution in [-0.4, -0.2) is 60.2 Å². The van der Waals surface area contributed by atoms with E-state index in [9.17, 15) is 14.3 Å². The van der Waals surface area contributed by atoms with Crippen LogP contribution < -0.4 is 4.74 Å². The lowest BCUT2D eigenvalue weighted by molar-refractivity contribution is -0.129. The first-order valence-corrected chi connectivity index (χ1v) is 15.2. The van der Waals surface area contributed by atoms with E-state index in [1.54, 1.807) is 15.8 Å². The summed E-state index contributed by atoms with van der Waals surface area (Å²) in [5.74, 6) is -1.86. The van der Waals surface area contributed by atoms with E-state index in [2.05, 4.69) is 11.7 Å². The number of ether oxygens (including phenoxy) is 1. The molecular weight excluding hydrogens is 598 g/mol. The lowest BCUT2D eigenvalue weighted by atomic mass is 9.96. The molecule has 1 amide bonds. The summed E-state index contributed by atoms with van der Waals surface area (Å²) in [5.41, 5.74) is 4.53. The number of benzene rings is 2. The van der Waals surface area contributed by atoms with Crippen LogP contribution in [0.4, 0.5) is 8.78 Å². The van der Waals surface area contributed by atoms with Crippen molar-refractivity contribution in [3.05, 3.63) is 84.0 Å². The molecule has 1 aliphatic heterocycles. The van der Waals surface area contributed by atoms with Crippen LogP contribution in [0.3, 0.4) is 0 Å². The Hall–Kier alpha value is -4.94. The topological polar surface area (TPSA) is 98.3 Å². The van der Waals surface area contributed by atoms with E-state index in [1.165, 1.54) is 17.4 Å². The average Bonchev–Trinajstić information content (AvgIpc) is 3.78. The number of carbonyl (C=O) groups excluding carboxylic acids is 1. The molecule has 0 radical (unpaired) electrons. The zero-order valence-electron chi connectivity index (χ0n) is 24.5. The number of rotatable bonds is 7. The van der Waals surface area contributed by atoms with Crippen molar-refractivity contribution in [2.45, 2.75) is 19.5 Å². The van der Waals surface area contributed by atoms with Gasteiger partial charge in [0, 0.05) is 52.3 Å². The van der Waals surface area contributed by atoms with Crippen molar-refractivity contribution >= 4 is 38.2 Å². The third-order valence-corrected chi connectivity index (χ3v) is 9.14. The molecule has 0 spiro atoms. The van der Waals surface area contributed by atoms with E-state index < -0.39 is 11.6 Å². The minimum atomic E-state index is -0.828. The van der Waals surface area contributed by atoms with Gasteiger partial charge in [0.1, 0.15) is 35.4 Å². The minimum absolute atomic E-state index is 0.0246. The fraction of sp³-hybridized carbons (Fsp3) is 0.212. The summed E-state index contributed by atoms with van der Waals surface area (Å²) in [6.45, 7) is 5.97. The lowest BCUT2D eigenvalue weighted by Crippen LogP contribution is -2.40. The minimum Gasteiger partial charge on any atom is -0.490 e. The number of hydrogen-bond donors (Lipinski definition) is 1. The summed E-state index contributed by atoms with van der Waals surface area (Å²) in [6, 6.07) is 11.4. The number of fused-ring (bicyclic) bond motifs is 3. The van der Waals surface area contributed by atoms with E-state index in [0.29, 0.717) is 40.4 Å². The number of hydrogen-bond acceptors (Lipinski definition) is 7. The smallest absolute Gasteiger partial charge is 0.246 e. The quantitative estimate of drug-likeness (QED) is 0.215. The van der Waals surface area contributed by atoms with E-state index >= 15 is 4.39 Å². The van der Waals surface area contributed by atoms with Gasteiger partial charge in [-0.15, -0.1) is 11.3 Å². The van der Waals surface area contributed by atoms with Crippen LogP contribution >= 0.6 is 11.3 Å². The molecule has 1 unspecified atom stereocenters. The van der Waals surface area contributed by atoms with Gasteiger partial charge in [-0.05, 0) is 42.6 Å². The van der Waals surface area contributed by atoms with Gasteiger partial charge in [-0.3, -0.25) is 14.2 Å². The number of amides is 1. The number of thiophene rings is 1. The Kier molecular flexibility index (Phi) is 7.17. The van der Waals surface area contributed by atoms with Crippen molar-refractivity contribution < 1.29 is 23.4 Å². The van der Waals surface area contributed by atoms with Crippen molar-refractivity contribution in [3.8, 4) is 39.5 Å². The maximum atomic E-state index is 15.9. The fourth-order valence-electron chi connectivity index (χ4n) is 6.07. The zero-order valence-corrected chi connectivity index (χ0v) is 25.3. The summed E-state index contributed by atoms with van der Waals surface area (Å²) < 4.78 is 40.5. The van der Waals surface area contributed by atoms with Crippen LogP contribution in [0.25, 0.3) is 54.8 Å². The second-order valence-electron chi connectivity index (χ2n) is 10.8. The molecule has 1 atom stereocenters. The molecule has 7 rings (SSSR count). The van der Waals surface area contributed by atoms with Gasteiger partial charge in [0.25, 0.3) is 0 Å². The van der Waals surface area contributed by atoms with E-state index in [4.69, 9.17) is 14.8 Å². The molecule has 5 heterocycles. The monoisotopic (exact) mass is 626 g/mol. The third kappa shape index (κ3) is 4.77. The number of pyridine rings is 1. The van der Waals surface area contributed by atoms with Crippen molar-refractivity contribution in [2.75, 3.05) is 19.8 Å². The van der Waals surface area contributed by atoms with Gasteiger partial charge in [-0.2, -0.15) is 10.2 Å². The van der Waals surface area contributed by atoms with Gasteiger partial charge < -0.3 is 14.7 Å². The standard InChI is InChI=1S/C33H28F2N6O3S/c1-4-28(43)40-8-9-41-26(18(40)2)16-24(38-41)32-30(29-23(35)14-21(34)15-27(29)44-11-10-42)33-22(7-12-45-33)31(37-32)19-5-6-25-20(13-19)17-36-39(25)3/h4-7,12-18,42H,1,8-11H2,2-3H3. The molecule has 1 aliphatic rings. The second kappa shape index (κ2) is 11.2. The van der Waals surface area contributed by atoms with Crippen LogP contribution in [0.15, 0.2) is 66.7 Å². The Morgan fingerprint density at radius 3 is 2.80 bits per heavy atom. The normalized spacial score (nSPS) is 14.7. The predicted octanol–water partition coefficient (Wildman–Crippen LogP) is 6.12. The molecule has 0 fully saturated rings. The van der Waals surface area contributed by atoms with Crippen LogP contribution in [0, 0.1) is 11.6 Å². The van der Waals surface area contributed by atoms with Gasteiger partial charge >= 0.3 is 0 Å². The van der Waals surface area contributed by atoms with E-state index in [1.807, 2.05) is 54.4 Å². The molecule has 0 saturated heterocycles. The molecule has 9 nitrogen and oxygen atoms in total. The first-order chi connectivity index (χ1) is 21.8.